The molecular weight excluding hydrogens is 314 g/mol. The van der Waals surface area contributed by atoms with Crippen LogP contribution in [0.5, 0.6) is 0 Å². The van der Waals surface area contributed by atoms with Crippen LogP contribution in [0.4, 0.5) is 0 Å². The lowest BCUT2D eigenvalue weighted by atomic mass is 10.3. The van der Waals surface area contributed by atoms with Crippen LogP contribution in [0.15, 0.2) is 55.2 Å². The number of halogens is 1. The van der Waals surface area contributed by atoms with Crippen molar-refractivity contribution in [3.05, 3.63) is 66.0 Å². The van der Waals surface area contributed by atoms with Gasteiger partial charge in [0.25, 0.3) is 5.91 Å². The molecule has 0 unspecified atom stereocenters. The van der Waals surface area contributed by atoms with Crippen molar-refractivity contribution in [2.75, 3.05) is 6.54 Å². The number of nitrogens with zero attached hydrogens (tertiary/aromatic N) is 4. The summed E-state index contributed by atoms with van der Waals surface area (Å²) in [6.45, 7) is 1.36. The molecule has 0 fully saturated rings. The number of amides is 1. The largest absolute Gasteiger partial charge is 0.352 e. The fourth-order valence-corrected chi connectivity index (χ4v) is 2.49. The number of carbonyl (C=O) groups is 1. The van der Waals surface area contributed by atoms with Crippen LogP contribution in [0.1, 0.15) is 16.8 Å². The van der Waals surface area contributed by atoms with Crippen LogP contribution in [0.3, 0.4) is 0 Å². The lowest BCUT2D eigenvalue weighted by molar-refractivity contribution is 0.0953. The second-order valence-electron chi connectivity index (χ2n) is 5.01. The first-order valence-corrected chi connectivity index (χ1v) is 7.66. The SMILES string of the molecule is O=C(NCCCn1ccnc1)c1cnn(-c2ccccc2)c1Cl. The van der Waals surface area contributed by atoms with Crippen molar-refractivity contribution in [3.63, 3.8) is 0 Å². The number of aryl methyl sites for hydroxylation is 1. The molecule has 6 nitrogen and oxygen atoms in total. The van der Waals surface area contributed by atoms with Gasteiger partial charge in [-0.05, 0) is 18.6 Å². The molecule has 0 aliphatic carbocycles. The number of para-hydroxylation sites is 1. The molecule has 0 spiro atoms. The number of hydrogen-bond donors (Lipinski definition) is 1. The summed E-state index contributed by atoms with van der Waals surface area (Å²) in [5.41, 5.74) is 1.19. The lowest BCUT2D eigenvalue weighted by Gasteiger charge is -2.06. The molecule has 1 N–H and O–H groups in total. The maximum Gasteiger partial charge on any atom is 0.256 e. The summed E-state index contributed by atoms with van der Waals surface area (Å²) >= 11 is 6.28. The molecule has 0 atom stereocenters. The third kappa shape index (κ3) is 3.60. The highest BCUT2D eigenvalue weighted by Crippen LogP contribution is 2.19. The maximum atomic E-state index is 12.2. The fourth-order valence-electron chi connectivity index (χ4n) is 2.21. The van der Waals surface area contributed by atoms with E-state index in [0.717, 1.165) is 18.7 Å². The first-order chi connectivity index (χ1) is 11.3. The van der Waals surface area contributed by atoms with Crippen molar-refractivity contribution < 1.29 is 4.79 Å². The molecule has 3 aromatic rings. The van der Waals surface area contributed by atoms with Crippen LogP contribution in [0, 0.1) is 0 Å². The third-order valence-corrected chi connectivity index (χ3v) is 3.76. The average molecular weight is 330 g/mol. The van der Waals surface area contributed by atoms with Crippen molar-refractivity contribution in [1.29, 1.82) is 0 Å². The fraction of sp³-hybridized carbons (Fsp3) is 0.188. The topological polar surface area (TPSA) is 64.7 Å². The molecule has 1 aromatic carbocycles. The van der Waals surface area contributed by atoms with E-state index in [1.807, 2.05) is 41.1 Å². The lowest BCUT2D eigenvalue weighted by Crippen LogP contribution is -2.25. The molecule has 118 valence electrons. The molecule has 2 aromatic heterocycles. The molecule has 1 amide bonds. The van der Waals surface area contributed by atoms with Gasteiger partial charge in [-0.2, -0.15) is 5.10 Å². The molecular formula is C16H16ClN5O. The van der Waals surface area contributed by atoms with E-state index in [0.29, 0.717) is 17.3 Å². The minimum absolute atomic E-state index is 0.220. The number of aromatic nitrogens is 4. The molecule has 0 aliphatic rings. The maximum absolute atomic E-state index is 12.2. The van der Waals surface area contributed by atoms with E-state index in [1.54, 1.807) is 17.2 Å². The monoisotopic (exact) mass is 329 g/mol. The molecule has 0 bridgehead atoms. The molecule has 3 rings (SSSR count). The molecule has 0 radical (unpaired) electrons. The predicted molar refractivity (Wildman–Crippen MR) is 87.8 cm³/mol. The zero-order valence-corrected chi connectivity index (χ0v) is 13.1. The number of benzene rings is 1. The van der Waals surface area contributed by atoms with E-state index >= 15 is 0 Å². The average Bonchev–Trinajstić information content (AvgIpc) is 3.22. The Morgan fingerprint density at radius 1 is 1.26 bits per heavy atom. The van der Waals surface area contributed by atoms with Crippen molar-refractivity contribution in [1.82, 2.24) is 24.6 Å². The van der Waals surface area contributed by atoms with Crippen LogP contribution in [-0.2, 0) is 6.54 Å². The Labute approximate surface area is 138 Å². The van der Waals surface area contributed by atoms with Gasteiger partial charge in [-0.1, -0.05) is 29.8 Å². The molecule has 2 heterocycles. The normalized spacial score (nSPS) is 10.7. The Hall–Kier alpha value is -2.60. The van der Waals surface area contributed by atoms with Gasteiger partial charge in [0, 0.05) is 25.5 Å². The van der Waals surface area contributed by atoms with Gasteiger partial charge in [0.15, 0.2) is 0 Å². The highest BCUT2D eigenvalue weighted by Gasteiger charge is 2.16. The predicted octanol–water partition coefficient (Wildman–Crippen LogP) is 2.54. The molecule has 23 heavy (non-hydrogen) atoms. The summed E-state index contributed by atoms with van der Waals surface area (Å²) in [6.07, 6.45) is 7.68. The first-order valence-electron chi connectivity index (χ1n) is 7.28. The molecule has 7 heteroatoms. The van der Waals surface area contributed by atoms with Gasteiger partial charge in [-0.3, -0.25) is 4.79 Å². The van der Waals surface area contributed by atoms with E-state index in [-0.39, 0.29) is 5.91 Å². The highest BCUT2D eigenvalue weighted by molar-refractivity contribution is 6.33. The van der Waals surface area contributed by atoms with Crippen LogP contribution in [0.25, 0.3) is 5.69 Å². The number of hydrogen-bond acceptors (Lipinski definition) is 3. The zero-order valence-electron chi connectivity index (χ0n) is 12.4. The third-order valence-electron chi connectivity index (χ3n) is 3.39. The Morgan fingerprint density at radius 3 is 2.83 bits per heavy atom. The Bertz CT molecular complexity index is 767. The first kappa shape index (κ1) is 15.3. The summed E-state index contributed by atoms with van der Waals surface area (Å²) in [4.78, 5) is 16.2. The standard InChI is InChI=1S/C16H16ClN5O/c17-15-14(11-20-22(15)13-5-2-1-3-6-13)16(23)19-7-4-9-21-10-8-18-12-21/h1-3,5-6,8,10-12H,4,7,9H2,(H,19,23). The van der Waals surface area contributed by atoms with Gasteiger partial charge < -0.3 is 9.88 Å². The van der Waals surface area contributed by atoms with Crippen molar-refractivity contribution in [3.8, 4) is 5.69 Å². The van der Waals surface area contributed by atoms with Crippen LogP contribution < -0.4 is 5.32 Å². The number of carbonyl (C=O) groups excluding carboxylic acids is 1. The molecule has 0 aliphatic heterocycles. The highest BCUT2D eigenvalue weighted by atomic mass is 35.5. The van der Waals surface area contributed by atoms with Crippen molar-refractivity contribution in [2.45, 2.75) is 13.0 Å². The van der Waals surface area contributed by atoms with Crippen LogP contribution >= 0.6 is 11.6 Å². The smallest absolute Gasteiger partial charge is 0.256 e. The summed E-state index contributed by atoms with van der Waals surface area (Å²) in [6, 6.07) is 9.46. The zero-order chi connectivity index (χ0) is 16.1. The number of nitrogens with one attached hydrogen (secondary N) is 1. The second kappa shape index (κ2) is 7.11. The quantitative estimate of drug-likeness (QED) is 0.707. The van der Waals surface area contributed by atoms with E-state index in [2.05, 4.69) is 15.4 Å². The van der Waals surface area contributed by atoms with Gasteiger partial charge in [0.05, 0.1) is 23.8 Å². The molecule has 0 saturated heterocycles. The number of rotatable bonds is 6. The minimum atomic E-state index is -0.220. The van der Waals surface area contributed by atoms with E-state index in [1.165, 1.54) is 6.20 Å². The Kier molecular flexibility index (Phi) is 4.73. The van der Waals surface area contributed by atoms with Crippen LogP contribution in [0.2, 0.25) is 5.15 Å². The number of imidazole rings is 1. The van der Waals surface area contributed by atoms with Gasteiger partial charge in [-0.25, -0.2) is 9.67 Å². The summed E-state index contributed by atoms with van der Waals surface area (Å²) < 4.78 is 3.51. The minimum Gasteiger partial charge on any atom is -0.352 e. The Balaban J connectivity index is 1.58. The van der Waals surface area contributed by atoms with Crippen LogP contribution in [-0.4, -0.2) is 31.8 Å². The van der Waals surface area contributed by atoms with Gasteiger partial charge in [0.1, 0.15) is 5.15 Å². The molecule has 0 saturated carbocycles. The summed E-state index contributed by atoms with van der Waals surface area (Å²) in [5, 5.41) is 7.35. The Morgan fingerprint density at radius 2 is 2.09 bits per heavy atom. The van der Waals surface area contributed by atoms with Gasteiger partial charge in [0.2, 0.25) is 0 Å². The second-order valence-corrected chi connectivity index (χ2v) is 5.36. The van der Waals surface area contributed by atoms with Gasteiger partial charge in [-0.15, -0.1) is 0 Å². The van der Waals surface area contributed by atoms with E-state index in [9.17, 15) is 4.79 Å². The van der Waals surface area contributed by atoms with Crippen molar-refractivity contribution in [2.24, 2.45) is 0 Å². The summed E-state index contributed by atoms with van der Waals surface area (Å²) in [7, 11) is 0. The van der Waals surface area contributed by atoms with E-state index in [4.69, 9.17) is 11.6 Å². The van der Waals surface area contributed by atoms with Crippen molar-refractivity contribution >= 4 is 17.5 Å². The van der Waals surface area contributed by atoms with E-state index < -0.39 is 0 Å². The summed E-state index contributed by atoms with van der Waals surface area (Å²) in [5.74, 6) is -0.220. The van der Waals surface area contributed by atoms with Gasteiger partial charge >= 0.3 is 0 Å².